The first-order valence-electron chi connectivity index (χ1n) is 8.21. The van der Waals surface area contributed by atoms with Crippen LogP contribution in [-0.2, 0) is 9.59 Å². The predicted molar refractivity (Wildman–Crippen MR) is 79.3 cm³/mol. The molecule has 2 amide bonds. The molecule has 3 atom stereocenters. The van der Waals surface area contributed by atoms with E-state index in [1.165, 1.54) is 0 Å². The maximum absolute atomic E-state index is 12.8. The highest BCUT2D eigenvalue weighted by atomic mass is 16.2. The van der Waals surface area contributed by atoms with Crippen molar-refractivity contribution in [1.82, 2.24) is 9.80 Å². The standard InChI is InChI=1S/C16H28N2O2/c1-4-12(3)17(5-2)16(20)14-11-10-13-8-6-7-9-15(19)18(13)14/h12-14H,4-11H2,1-3H3/t12-,13-,14-/m0/s1. The summed E-state index contributed by atoms with van der Waals surface area (Å²) >= 11 is 0. The first-order valence-corrected chi connectivity index (χ1v) is 8.21. The average molecular weight is 280 g/mol. The van der Waals surface area contributed by atoms with Crippen molar-refractivity contribution in [2.45, 2.75) is 83.8 Å². The molecule has 4 nitrogen and oxygen atoms in total. The summed E-state index contributed by atoms with van der Waals surface area (Å²) in [6, 6.07) is 0.378. The molecule has 2 aliphatic rings. The number of nitrogens with zero attached hydrogens (tertiary/aromatic N) is 2. The summed E-state index contributed by atoms with van der Waals surface area (Å²) < 4.78 is 0. The smallest absolute Gasteiger partial charge is 0.245 e. The zero-order valence-corrected chi connectivity index (χ0v) is 13.1. The molecule has 0 N–H and O–H groups in total. The average Bonchev–Trinajstić information content (AvgIpc) is 2.79. The fourth-order valence-corrected chi connectivity index (χ4v) is 3.67. The van der Waals surface area contributed by atoms with E-state index in [1.54, 1.807) is 0 Å². The van der Waals surface area contributed by atoms with Crippen molar-refractivity contribution < 1.29 is 9.59 Å². The summed E-state index contributed by atoms with van der Waals surface area (Å²) in [6.45, 7) is 6.96. The quantitative estimate of drug-likeness (QED) is 0.794. The van der Waals surface area contributed by atoms with Crippen LogP contribution in [0.2, 0.25) is 0 Å². The molecular weight excluding hydrogens is 252 g/mol. The minimum Gasteiger partial charge on any atom is -0.338 e. The third kappa shape index (κ3) is 2.84. The summed E-state index contributed by atoms with van der Waals surface area (Å²) in [6.07, 6.45) is 6.61. The summed E-state index contributed by atoms with van der Waals surface area (Å²) in [4.78, 5) is 29.0. The first kappa shape index (κ1) is 15.3. The Morgan fingerprint density at radius 3 is 2.70 bits per heavy atom. The second-order valence-electron chi connectivity index (χ2n) is 6.18. The molecule has 2 rings (SSSR count). The van der Waals surface area contributed by atoms with Crippen LogP contribution < -0.4 is 0 Å². The van der Waals surface area contributed by atoms with Gasteiger partial charge in [0.2, 0.25) is 11.8 Å². The highest BCUT2D eigenvalue weighted by Gasteiger charge is 2.42. The Labute approximate surface area is 122 Å². The molecule has 0 bridgehead atoms. The van der Waals surface area contributed by atoms with Gasteiger partial charge in [0, 0.05) is 25.0 Å². The predicted octanol–water partition coefficient (Wildman–Crippen LogP) is 2.57. The lowest BCUT2D eigenvalue weighted by molar-refractivity contribution is -0.146. The van der Waals surface area contributed by atoms with E-state index in [0.29, 0.717) is 12.5 Å². The van der Waals surface area contributed by atoms with Gasteiger partial charge in [-0.3, -0.25) is 9.59 Å². The van der Waals surface area contributed by atoms with Gasteiger partial charge in [0.15, 0.2) is 0 Å². The first-order chi connectivity index (χ1) is 9.60. The van der Waals surface area contributed by atoms with Crippen LogP contribution in [0, 0.1) is 0 Å². The lowest BCUT2D eigenvalue weighted by atomic mass is 10.1. The third-order valence-corrected chi connectivity index (χ3v) is 5.00. The lowest BCUT2D eigenvalue weighted by Crippen LogP contribution is -2.51. The van der Waals surface area contributed by atoms with E-state index in [-0.39, 0.29) is 23.9 Å². The molecule has 0 unspecified atom stereocenters. The number of hydrogen-bond donors (Lipinski definition) is 0. The number of amides is 2. The van der Waals surface area contributed by atoms with E-state index < -0.39 is 0 Å². The molecule has 4 heteroatoms. The van der Waals surface area contributed by atoms with Crippen molar-refractivity contribution in [3.63, 3.8) is 0 Å². The van der Waals surface area contributed by atoms with E-state index >= 15 is 0 Å². The van der Waals surface area contributed by atoms with Crippen LogP contribution in [0.3, 0.4) is 0 Å². The van der Waals surface area contributed by atoms with Crippen molar-refractivity contribution in [2.75, 3.05) is 6.54 Å². The molecular formula is C16H28N2O2. The third-order valence-electron chi connectivity index (χ3n) is 5.00. The Morgan fingerprint density at radius 2 is 2.05 bits per heavy atom. The number of carbonyl (C=O) groups excluding carboxylic acids is 2. The van der Waals surface area contributed by atoms with Crippen molar-refractivity contribution >= 4 is 11.8 Å². The van der Waals surface area contributed by atoms with Gasteiger partial charge < -0.3 is 9.80 Å². The summed E-state index contributed by atoms with van der Waals surface area (Å²) in [5.74, 6) is 0.364. The number of fused-ring (bicyclic) bond motifs is 1. The number of likely N-dealkylation sites (N-methyl/N-ethyl adjacent to an activating group) is 1. The summed E-state index contributed by atoms with van der Waals surface area (Å²) in [5, 5.41) is 0. The molecule has 0 aromatic rings. The van der Waals surface area contributed by atoms with Gasteiger partial charge in [0.25, 0.3) is 0 Å². The monoisotopic (exact) mass is 280 g/mol. The number of hydrogen-bond acceptors (Lipinski definition) is 2. The van der Waals surface area contributed by atoms with Crippen LogP contribution in [0.5, 0.6) is 0 Å². The maximum Gasteiger partial charge on any atom is 0.245 e. The lowest BCUT2D eigenvalue weighted by Gasteiger charge is -2.34. The van der Waals surface area contributed by atoms with Gasteiger partial charge in [-0.1, -0.05) is 13.3 Å². The molecule has 114 valence electrons. The fourth-order valence-electron chi connectivity index (χ4n) is 3.67. The minimum absolute atomic E-state index is 0.166. The van der Waals surface area contributed by atoms with Gasteiger partial charge in [0.1, 0.15) is 6.04 Å². The zero-order chi connectivity index (χ0) is 14.7. The molecule has 2 fully saturated rings. The van der Waals surface area contributed by atoms with Crippen molar-refractivity contribution in [3.8, 4) is 0 Å². The van der Waals surface area contributed by atoms with Crippen LogP contribution in [0.15, 0.2) is 0 Å². The van der Waals surface area contributed by atoms with Crippen LogP contribution in [0.4, 0.5) is 0 Å². The van der Waals surface area contributed by atoms with E-state index in [9.17, 15) is 9.59 Å². The molecule has 0 radical (unpaired) electrons. The minimum atomic E-state index is -0.195. The molecule has 0 saturated carbocycles. The van der Waals surface area contributed by atoms with Gasteiger partial charge in [-0.25, -0.2) is 0 Å². The molecule has 0 aliphatic carbocycles. The van der Waals surface area contributed by atoms with Crippen molar-refractivity contribution in [2.24, 2.45) is 0 Å². The number of carbonyl (C=O) groups is 2. The second-order valence-corrected chi connectivity index (χ2v) is 6.18. The van der Waals surface area contributed by atoms with Crippen molar-refractivity contribution in [1.29, 1.82) is 0 Å². The molecule has 20 heavy (non-hydrogen) atoms. The van der Waals surface area contributed by atoms with Gasteiger partial charge in [-0.2, -0.15) is 0 Å². The topological polar surface area (TPSA) is 40.6 Å². The normalized spacial score (nSPS) is 27.9. The Bertz CT molecular complexity index is 369. The maximum atomic E-state index is 12.8. The molecule has 2 heterocycles. The van der Waals surface area contributed by atoms with E-state index in [1.807, 2.05) is 16.7 Å². The van der Waals surface area contributed by atoms with Gasteiger partial charge in [-0.05, 0) is 46.0 Å². The largest absolute Gasteiger partial charge is 0.338 e. The number of rotatable bonds is 4. The summed E-state index contributed by atoms with van der Waals surface area (Å²) in [5.41, 5.74) is 0. The van der Waals surface area contributed by atoms with Crippen LogP contribution in [0.1, 0.15) is 65.7 Å². The van der Waals surface area contributed by atoms with Crippen molar-refractivity contribution in [3.05, 3.63) is 0 Å². The molecule has 0 spiro atoms. The second kappa shape index (κ2) is 6.59. The molecule has 0 aromatic heterocycles. The van der Waals surface area contributed by atoms with Gasteiger partial charge >= 0.3 is 0 Å². The highest BCUT2D eigenvalue weighted by molar-refractivity contribution is 5.88. The zero-order valence-electron chi connectivity index (χ0n) is 13.1. The van der Waals surface area contributed by atoms with Gasteiger partial charge in [-0.15, -0.1) is 0 Å². The van der Waals surface area contributed by atoms with Crippen LogP contribution in [-0.4, -0.2) is 46.3 Å². The summed E-state index contributed by atoms with van der Waals surface area (Å²) in [7, 11) is 0. The Kier molecular flexibility index (Phi) is 5.06. The van der Waals surface area contributed by atoms with Crippen LogP contribution in [0.25, 0.3) is 0 Å². The fraction of sp³-hybridized carbons (Fsp3) is 0.875. The molecule has 2 aliphatic heterocycles. The van der Waals surface area contributed by atoms with Crippen LogP contribution >= 0.6 is 0 Å². The van der Waals surface area contributed by atoms with E-state index in [0.717, 1.165) is 45.1 Å². The Morgan fingerprint density at radius 1 is 1.30 bits per heavy atom. The van der Waals surface area contributed by atoms with E-state index in [2.05, 4.69) is 13.8 Å². The van der Waals surface area contributed by atoms with Gasteiger partial charge in [0.05, 0.1) is 0 Å². The Hall–Kier alpha value is -1.06. The molecule has 2 saturated heterocycles. The Balaban J connectivity index is 2.14. The van der Waals surface area contributed by atoms with E-state index in [4.69, 9.17) is 0 Å². The molecule has 0 aromatic carbocycles. The SMILES string of the molecule is CC[C@H](C)N(CC)C(=O)[C@@H]1CC[C@@H]2CCCCC(=O)N21. The highest BCUT2D eigenvalue weighted by Crippen LogP contribution is 2.32.